The highest BCUT2D eigenvalue weighted by molar-refractivity contribution is 7.45. The van der Waals surface area contributed by atoms with E-state index in [1.165, 1.54) is 103 Å². The van der Waals surface area contributed by atoms with Crippen LogP contribution in [0.1, 0.15) is 128 Å². The molecule has 1 fully saturated rings. The Labute approximate surface area is 264 Å². The van der Waals surface area contributed by atoms with Gasteiger partial charge in [-0.1, -0.05) is 134 Å². The van der Waals surface area contributed by atoms with Gasteiger partial charge < -0.3 is 27.9 Å². The van der Waals surface area contributed by atoms with Gasteiger partial charge in [-0.2, -0.15) is 0 Å². The van der Waals surface area contributed by atoms with Crippen molar-refractivity contribution in [1.82, 2.24) is 0 Å². The zero-order valence-corrected chi connectivity index (χ0v) is 28.6. The first-order valence-electron chi connectivity index (χ1n) is 17.6. The first-order valence-corrected chi connectivity index (χ1v) is 19.1. The van der Waals surface area contributed by atoms with Crippen LogP contribution < -0.4 is 4.89 Å². The molecule has 0 aliphatic carbocycles. The second kappa shape index (κ2) is 24.4. The topological polar surface area (TPSA) is 77.1 Å². The van der Waals surface area contributed by atoms with Crippen molar-refractivity contribution in [2.24, 2.45) is 0 Å². The van der Waals surface area contributed by atoms with Gasteiger partial charge in [-0.05, 0) is 12.0 Å². The number of likely N-dealkylation sites (N-methyl/N-ethyl adjacent to an activating group) is 1. The molecule has 0 bridgehead atoms. The minimum Gasteiger partial charge on any atom is -0.756 e. The van der Waals surface area contributed by atoms with Gasteiger partial charge in [0.1, 0.15) is 19.3 Å². The summed E-state index contributed by atoms with van der Waals surface area (Å²) in [4.78, 5) is 12.4. The summed E-state index contributed by atoms with van der Waals surface area (Å²) < 4.78 is 35.6. The molecule has 0 aromatic heterocycles. The van der Waals surface area contributed by atoms with Gasteiger partial charge in [-0.15, -0.1) is 0 Å². The lowest BCUT2D eigenvalue weighted by atomic mass is 10.0. The van der Waals surface area contributed by atoms with Crippen LogP contribution in [0.25, 0.3) is 0 Å². The van der Waals surface area contributed by atoms with Crippen LogP contribution in [-0.2, 0) is 29.7 Å². The number of nitrogens with zero attached hydrogens (tertiary/aromatic N) is 1. The van der Waals surface area contributed by atoms with Crippen LogP contribution in [0.15, 0.2) is 30.3 Å². The molecule has 43 heavy (non-hydrogen) atoms. The Hall–Kier alpha value is -0.790. The zero-order chi connectivity index (χ0) is 30.9. The normalized spacial score (nSPS) is 16.8. The van der Waals surface area contributed by atoms with Crippen molar-refractivity contribution >= 4 is 7.82 Å². The maximum Gasteiger partial charge on any atom is 0.268 e. The van der Waals surface area contributed by atoms with E-state index in [1.54, 1.807) is 0 Å². The molecule has 1 saturated heterocycles. The van der Waals surface area contributed by atoms with Crippen LogP contribution in [0.3, 0.4) is 0 Å². The van der Waals surface area contributed by atoms with E-state index in [9.17, 15) is 9.46 Å². The first kappa shape index (κ1) is 38.4. The Morgan fingerprint density at radius 1 is 0.744 bits per heavy atom. The van der Waals surface area contributed by atoms with Crippen LogP contribution in [0.2, 0.25) is 0 Å². The number of phosphoric acid groups is 1. The highest BCUT2D eigenvalue weighted by Gasteiger charge is 2.27. The summed E-state index contributed by atoms with van der Waals surface area (Å²) in [5.74, 6) is 0. The van der Waals surface area contributed by atoms with Crippen LogP contribution in [0, 0.1) is 0 Å². The second-order valence-corrected chi connectivity index (χ2v) is 14.3. The number of hydrogen-bond acceptors (Lipinski definition) is 6. The van der Waals surface area contributed by atoms with Crippen LogP contribution >= 0.6 is 7.82 Å². The molecule has 1 heterocycles. The number of benzene rings is 1. The predicted molar refractivity (Wildman–Crippen MR) is 175 cm³/mol. The third-order valence-corrected chi connectivity index (χ3v) is 9.68. The number of phosphoric ester groups is 1. The molecule has 7 nitrogen and oxygen atoms in total. The van der Waals surface area contributed by atoms with Gasteiger partial charge in [0.2, 0.25) is 0 Å². The molecule has 1 aromatic carbocycles. The molecule has 0 spiro atoms. The molecular formula is C35H64NO6P. The van der Waals surface area contributed by atoms with Gasteiger partial charge >= 0.3 is 0 Å². The van der Waals surface area contributed by atoms with Gasteiger partial charge in [0, 0.05) is 19.4 Å². The van der Waals surface area contributed by atoms with Crippen molar-refractivity contribution in [3.05, 3.63) is 35.9 Å². The number of likely N-dealkylation sites (tertiary alicyclic amines) is 1. The van der Waals surface area contributed by atoms with Crippen LogP contribution in [0.4, 0.5) is 0 Å². The Balaban J connectivity index is 1.52. The molecule has 2 rings (SSSR count). The van der Waals surface area contributed by atoms with Gasteiger partial charge in [0.25, 0.3) is 7.82 Å². The largest absolute Gasteiger partial charge is 0.756 e. The average Bonchev–Trinajstić information content (AvgIpc) is 3.44. The maximum absolute atomic E-state index is 12.4. The predicted octanol–water partition coefficient (Wildman–Crippen LogP) is 8.59. The fourth-order valence-electron chi connectivity index (χ4n) is 5.81. The lowest BCUT2D eigenvalue weighted by Gasteiger charge is -2.31. The molecular weight excluding hydrogens is 561 g/mol. The van der Waals surface area contributed by atoms with Crippen molar-refractivity contribution in [1.29, 1.82) is 0 Å². The van der Waals surface area contributed by atoms with E-state index in [0.29, 0.717) is 26.4 Å². The number of hydrogen-bond donors (Lipinski definition) is 0. The van der Waals surface area contributed by atoms with Crippen LogP contribution in [0.5, 0.6) is 0 Å². The molecule has 8 heteroatoms. The van der Waals surface area contributed by atoms with Crippen molar-refractivity contribution < 1.29 is 32.5 Å². The van der Waals surface area contributed by atoms with E-state index >= 15 is 0 Å². The van der Waals surface area contributed by atoms with Gasteiger partial charge in [-0.3, -0.25) is 4.57 Å². The molecule has 0 radical (unpaired) electrons. The van der Waals surface area contributed by atoms with Crippen molar-refractivity contribution in [2.45, 2.75) is 135 Å². The standard InChI is InChI=1S/C35H64NO6P/c1-3-4-5-6-7-8-9-10-11-12-13-14-15-16-17-23-29-39-32-35(40-31-34-24-19-18-20-25-34)33-42-43(37,38)41-30-28-36(2)26-21-22-27-36/h18-20,24-25,35H,3-17,21-23,26-33H2,1-2H3. The summed E-state index contributed by atoms with van der Waals surface area (Å²) >= 11 is 0. The lowest BCUT2D eigenvalue weighted by Crippen LogP contribution is -2.43. The SMILES string of the molecule is CCCCCCCCCCCCCCCCCCOCC(COP(=O)([O-])OCC[N+]1(C)CCCC1)OCc1ccccc1. The van der Waals surface area contributed by atoms with E-state index in [1.807, 2.05) is 30.3 Å². The molecule has 1 aromatic rings. The van der Waals surface area contributed by atoms with Crippen molar-refractivity contribution in [3.8, 4) is 0 Å². The lowest BCUT2D eigenvalue weighted by molar-refractivity contribution is -0.897. The summed E-state index contributed by atoms with van der Waals surface area (Å²) in [6, 6.07) is 9.85. The summed E-state index contributed by atoms with van der Waals surface area (Å²) in [5.41, 5.74) is 1.02. The van der Waals surface area contributed by atoms with E-state index in [4.69, 9.17) is 18.5 Å². The van der Waals surface area contributed by atoms with E-state index in [-0.39, 0.29) is 13.2 Å². The van der Waals surface area contributed by atoms with Crippen molar-refractivity contribution in [3.63, 3.8) is 0 Å². The highest BCUT2D eigenvalue weighted by atomic mass is 31.2. The third kappa shape index (κ3) is 20.8. The van der Waals surface area contributed by atoms with Crippen molar-refractivity contribution in [2.75, 3.05) is 53.1 Å². The molecule has 2 unspecified atom stereocenters. The Bertz CT molecular complexity index is 820. The van der Waals surface area contributed by atoms with Gasteiger partial charge in [-0.25, -0.2) is 0 Å². The summed E-state index contributed by atoms with van der Waals surface area (Å²) in [6.45, 7) is 6.43. The highest BCUT2D eigenvalue weighted by Crippen LogP contribution is 2.38. The fourth-order valence-corrected chi connectivity index (χ4v) is 6.54. The summed E-state index contributed by atoms with van der Waals surface area (Å²) in [5, 5.41) is 0. The van der Waals surface area contributed by atoms with Gasteiger partial charge in [0.15, 0.2) is 0 Å². The summed E-state index contributed by atoms with van der Waals surface area (Å²) in [7, 11) is -2.25. The molecule has 0 saturated carbocycles. The first-order chi connectivity index (χ1) is 20.9. The molecule has 1 aliphatic rings. The number of ether oxygens (including phenoxy) is 2. The fraction of sp³-hybridized carbons (Fsp3) is 0.829. The number of rotatable bonds is 29. The second-order valence-electron chi connectivity index (χ2n) is 12.9. The molecule has 1 aliphatic heterocycles. The van der Waals surface area contributed by atoms with Gasteiger partial charge in [0.05, 0.1) is 40.0 Å². The Kier molecular flexibility index (Phi) is 21.8. The smallest absolute Gasteiger partial charge is 0.268 e. The van der Waals surface area contributed by atoms with E-state index < -0.39 is 13.9 Å². The monoisotopic (exact) mass is 625 g/mol. The third-order valence-electron chi connectivity index (χ3n) is 8.72. The number of quaternary nitrogens is 1. The molecule has 2 atom stereocenters. The molecule has 0 amide bonds. The van der Waals surface area contributed by atoms with E-state index in [0.717, 1.165) is 36.0 Å². The minimum atomic E-state index is -4.40. The summed E-state index contributed by atoms with van der Waals surface area (Å²) in [6.07, 6.45) is 23.3. The van der Waals surface area contributed by atoms with Crippen LogP contribution in [-0.4, -0.2) is 63.7 Å². The Morgan fingerprint density at radius 2 is 1.28 bits per heavy atom. The Morgan fingerprint density at radius 3 is 1.84 bits per heavy atom. The molecule has 250 valence electrons. The maximum atomic E-state index is 12.4. The molecule has 0 N–H and O–H groups in total. The minimum absolute atomic E-state index is 0.112. The number of unbranched alkanes of at least 4 members (excludes halogenated alkanes) is 15. The zero-order valence-electron chi connectivity index (χ0n) is 27.7. The average molecular weight is 626 g/mol. The quantitative estimate of drug-likeness (QED) is 0.0504. The van der Waals surface area contributed by atoms with E-state index in [2.05, 4.69) is 14.0 Å².